The zero-order valence-corrected chi connectivity index (χ0v) is 15.2. The van der Waals surface area contributed by atoms with E-state index in [1.54, 1.807) is 0 Å². The minimum Gasteiger partial charge on any atom is -0.338 e. The van der Waals surface area contributed by atoms with Crippen molar-refractivity contribution in [3.05, 3.63) is 17.0 Å². The highest BCUT2D eigenvalue weighted by atomic mass is 16.2. The zero-order valence-electron chi connectivity index (χ0n) is 15.2. The van der Waals surface area contributed by atoms with Gasteiger partial charge in [0, 0.05) is 38.9 Å². The molecule has 1 fully saturated rings. The van der Waals surface area contributed by atoms with E-state index in [2.05, 4.69) is 43.3 Å². The van der Waals surface area contributed by atoms with Crippen molar-refractivity contribution < 1.29 is 4.79 Å². The van der Waals surface area contributed by atoms with E-state index in [9.17, 15) is 4.79 Å². The first kappa shape index (κ1) is 17.8. The maximum Gasteiger partial charge on any atom is 0.317 e. The minimum absolute atomic E-state index is 0.0888. The molecule has 2 rings (SSSR count). The normalized spacial score (nSPS) is 18.0. The number of hydrogen-bond acceptors (Lipinski definition) is 3. The Hall–Kier alpha value is -1.56. The second kappa shape index (κ2) is 7.81. The number of rotatable bonds is 6. The molecule has 2 heterocycles. The lowest BCUT2D eigenvalue weighted by atomic mass is 10.1. The predicted octanol–water partition coefficient (Wildman–Crippen LogP) is 1.56. The lowest BCUT2D eigenvalue weighted by molar-refractivity contribution is 0.205. The predicted molar refractivity (Wildman–Crippen MR) is 92.6 cm³/mol. The van der Waals surface area contributed by atoms with E-state index >= 15 is 0 Å². The summed E-state index contributed by atoms with van der Waals surface area (Å²) in [5.41, 5.74) is 3.64. The molecular weight excluding hydrogens is 290 g/mol. The molecule has 0 saturated carbocycles. The number of likely N-dealkylation sites (tertiary alicyclic amines) is 1. The van der Waals surface area contributed by atoms with E-state index in [1.165, 1.54) is 11.3 Å². The Labute approximate surface area is 139 Å². The fraction of sp³-hybridized carbons (Fsp3) is 0.765. The smallest absolute Gasteiger partial charge is 0.317 e. The number of hydrogen-bond donors (Lipinski definition) is 1. The van der Waals surface area contributed by atoms with E-state index in [1.807, 2.05) is 16.6 Å². The number of amides is 2. The van der Waals surface area contributed by atoms with Crippen LogP contribution in [0.25, 0.3) is 0 Å². The summed E-state index contributed by atoms with van der Waals surface area (Å²) in [6.07, 6.45) is 3.03. The van der Waals surface area contributed by atoms with E-state index in [-0.39, 0.29) is 6.03 Å². The topological polar surface area (TPSA) is 53.4 Å². The third-order valence-electron chi connectivity index (χ3n) is 4.74. The van der Waals surface area contributed by atoms with Crippen molar-refractivity contribution in [2.24, 2.45) is 13.0 Å². The molecule has 130 valence electrons. The van der Waals surface area contributed by atoms with Crippen LogP contribution in [0.3, 0.4) is 0 Å². The second-order valence-corrected chi connectivity index (χ2v) is 6.97. The molecule has 6 nitrogen and oxygen atoms in total. The van der Waals surface area contributed by atoms with Crippen LogP contribution in [0.4, 0.5) is 4.79 Å². The Morgan fingerprint density at radius 3 is 2.74 bits per heavy atom. The first-order valence-electron chi connectivity index (χ1n) is 8.55. The summed E-state index contributed by atoms with van der Waals surface area (Å²) in [4.78, 5) is 16.4. The summed E-state index contributed by atoms with van der Waals surface area (Å²) in [7, 11) is 6.15. The van der Waals surface area contributed by atoms with Crippen LogP contribution in [-0.2, 0) is 13.5 Å². The number of aryl methyl sites for hydroxylation is 2. The van der Waals surface area contributed by atoms with Crippen LogP contribution >= 0.6 is 0 Å². The average molecular weight is 321 g/mol. The molecule has 1 saturated heterocycles. The van der Waals surface area contributed by atoms with Crippen molar-refractivity contribution in [2.45, 2.75) is 33.1 Å². The van der Waals surface area contributed by atoms with Crippen LogP contribution in [0.1, 0.15) is 29.8 Å². The fourth-order valence-corrected chi connectivity index (χ4v) is 3.43. The Morgan fingerprint density at radius 2 is 2.13 bits per heavy atom. The van der Waals surface area contributed by atoms with Gasteiger partial charge >= 0.3 is 6.03 Å². The Kier molecular flexibility index (Phi) is 6.04. The third-order valence-corrected chi connectivity index (χ3v) is 4.74. The van der Waals surface area contributed by atoms with E-state index in [4.69, 9.17) is 0 Å². The third kappa shape index (κ3) is 4.70. The molecule has 1 aliphatic rings. The summed E-state index contributed by atoms with van der Waals surface area (Å²) >= 11 is 0. The first-order valence-corrected chi connectivity index (χ1v) is 8.55. The van der Waals surface area contributed by atoms with Crippen molar-refractivity contribution in [3.8, 4) is 0 Å². The average Bonchev–Trinajstić information content (AvgIpc) is 3.02. The largest absolute Gasteiger partial charge is 0.338 e. The van der Waals surface area contributed by atoms with Gasteiger partial charge < -0.3 is 15.1 Å². The fourth-order valence-electron chi connectivity index (χ4n) is 3.43. The maximum absolute atomic E-state index is 12.2. The van der Waals surface area contributed by atoms with E-state index in [0.717, 1.165) is 51.1 Å². The molecule has 23 heavy (non-hydrogen) atoms. The van der Waals surface area contributed by atoms with Crippen molar-refractivity contribution in [1.82, 2.24) is 24.9 Å². The number of carbonyl (C=O) groups is 1. The van der Waals surface area contributed by atoms with Crippen LogP contribution < -0.4 is 5.32 Å². The van der Waals surface area contributed by atoms with Gasteiger partial charge in [0.05, 0.1) is 5.69 Å². The van der Waals surface area contributed by atoms with Gasteiger partial charge in [0.25, 0.3) is 0 Å². The van der Waals surface area contributed by atoms with Gasteiger partial charge in [-0.1, -0.05) is 0 Å². The highest BCUT2D eigenvalue weighted by Crippen LogP contribution is 2.17. The van der Waals surface area contributed by atoms with Gasteiger partial charge in [0.1, 0.15) is 0 Å². The molecule has 0 radical (unpaired) electrons. The lowest BCUT2D eigenvalue weighted by Crippen LogP contribution is -2.39. The lowest BCUT2D eigenvalue weighted by Gasteiger charge is -2.19. The molecule has 1 N–H and O–H groups in total. The molecule has 0 aliphatic carbocycles. The van der Waals surface area contributed by atoms with Gasteiger partial charge in [-0.05, 0) is 58.7 Å². The summed E-state index contributed by atoms with van der Waals surface area (Å²) in [5, 5.41) is 7.50. The van der Waals surface area contributed by atoms with Gasteiger partial charge in [-0.15, -0.1) is 0 Å². The number of nitrogens with zero attached hydrogens (tertiary/aromatic N) is 4. The Balaban J connectivity index is 1.69. The van der Waals surface area contributed by atoms with Crippen molar-refractivity contribution in [2.75, 3.05) is 40.3 Å². The van der Waals surface area contributed by atoms with Crippen LogP contribution in [0, 0.1) is 19.8 Å². The van der Waals surface area contributed by atoms with Gasteiger partial charge in [-0.2, -0.15) is 5.10 Å². The summed E-state index contributed by atoms with van der Waals surface area (Å²) < 4.78 is 1.93. The van der Waals surface area contributed by atoms with Gasteiger partial charge in [0.15, 0.2) is 0 Å². The zero-order chi connectivity index (χ0) is 17.0. The SMILES string of the molecule is Cc1nn(C)c(C)c1CCCNC(=O)N1CC[C@H](CN(C)C)C1. The van der Waals surface area contributed by atoms with Gasteiger partial charge in [-0.3, -0.25) is 4.68 Å². The quantitative estimate of drug-likeness (QED) is 0.809. The van der Waals surface area contributed by atoms with Gasteiger partial charge in [0.2, 0.25) is 0 Å². The molecule has 1 aliphatic heterocycles. The van der Waals surface area contributed by atoms with Crippen LogP contribution in [0.2, 0.25) is 0 Å². The number of urea groups is 1. The minimum atomic E-state index is 0.0888. The van der Waals surface area contributed by atoms with Crippen molar-refractivity contribution in [1.29, 1.82) is 0 Å². The molecule has 0 unspecified atom stereocenters. The van der Waals surface area contributed by atoms with Crippen molar-refractivity contribution in [3.63, 3.8) is 0 Å². The van der Waals surface area contributed by atoms with Crippen molar-refractivity contribution >= 4 is 6.03 Å². The van der Waals surface area contributed by atoms with Crippen LogP contribution in [-0.4, -0.2) is 65.9 Å². The molecule has 1 aromatic rings. The molecule has 0 bridgehead atoms. The molecule has 1 aromatic heterocycles. The van der Waals surface area contributed by atoms with Crippen LogP contribution in [0.5, 0.6) is 0 Å². The Bertz CT molecular complexity index is 537. The monoisotopic (exact) mass is 321 g/mol. The molecule has 1 atom stereocenters. The summed E-state index contributed by atoms with van der Waals surface area (Å²) in [6.45, 7) is 7.69. The molecule has 0 spiro atoms. The number of nitrogens with one attached hydrogen (secondary N) is 1. The maximum atomic E-state index is 12.2. The molecule has 6 heteroatoms. The molecular formula is C17H31N5O. The Morgan fingerprint density at radius 1 is 1.39 bits per heavy atom. The summed E-state index contributed by atoms with van der Waals surface area (Å²) in [6, 6.07) is 0.0888. The van der Waals surface area contributed by atoms with Crippen LogP contribution in [0.15, 0.2) is 0 Å². The first-order chi connectivity index (χ1) is 10.9. The number of carbonyl (C=O) groups excluding carboxylic acids is 1. The molecule has 0 aromatic carbocycles. The number of aromatic nitrogens is 2. The van der Waals surface area contributed by atoms with E-state index < -0.39 is 0 Å². The highest BCUT2D eigenvalue weighted by Gasteiger charge is 2.26. The van der Waals surface area contributed by atoms with Gasteiger partial charge in [-0.25, -0.2) is 4.79 Å². The highest BCUT2D eigenvalue weighted by molar-refractivity contribution is 5.74. The standard InChI is InChI=1S/C17H31N5O/c1-13-16(14(2)21(5)19-13)7-6-9-18-17(23)22-10-8-15(12-22)11-20(3)4/h15H,6-12H2,1-5H3,(H,18,23)/t15-/m1/s1. The summed E-state index contributed by atoms with van der Waals surface area (Å²) in [5.74, 6) is 0.608. The van der Waals surface area contributed by atoms with E-state index in [0.29, 0.717) is 5.92 Å². The second-order valence-electron chi connectivity index (χ2n) is 6.97. The molecule has 2 amide bonds.